The molecule has 18 heavy (non-hydrogen) atoms. The van der Waals surface area contributed by atoms with Crippen LogP contribution in [-0.4, -0.2) is 11.9 Å². The van der Waals surface area contributed by atoms with E-state index < -0.39 is 30.0 Å². The molecule has 5 heteroatoms. The number of Topliss-reactive ketones (excluding diaryl/α,β-unsaturated/α-hetero) is 1. The molecule has 0 aliphatic heterocycles. The molecule has 0 fully saturated rings. The fraction of sp³-hybridized carbons (Fsp3) is 0.462. The maximum absolute atomic E-state index is 12.5. The summed E-state index contributed by atoms with van der Waals surface area (Å²) in [6, 6.07) is 4.03. The van der Waals surface area contributed by atoms with E-state index >= 15 is 0 Å². The lowest BCUT2D eigenvalue weighted by Crippen LogP contribution is -2.17. The molecule has 1 rings (SSSR count). The highest BCUT2D eigenvalue weighted by Crippen LogP contribution is 2.31. The van der Waals surface area contributed by atoms with E-state index in [1.165, 1.54) is 13.0 Å². The second kappa shape index (κ2) is 5.89. The summed E-state index contributed by atoms with van der Waals surface area (Å²) >= 11 is 0. The minimum atomic E-state index is -4.52. The smallest absolute Gasteiger partial charge is 0.416 e. The number of rotatable bonds is 5. The molecule has 0 N–H and O–H groups in total. The summed E-state index contributed by atoms with van der Waals surface area (Å²) < 4.78 is 58.2. The summed E-state index contributed by atoms with van der Waals surface area (Å²) in [7, 11) is 0. The Morgan fingerprint density at radius 1 is 1.56 bits per heavy atom. The van der Waals surface area contributed by atoms with Crippen LogP contribution in [0.5, 0.6) is 5.75 Å². The molecule has 0 unspecified atom stereocenters. The van der Waals surface area contributed by atoms with Crippen molar-refractivity contribution in [3.8, 4) is 5.75 Å². The first-order valence-electron chi connectivity index (χ1n) is 6.47. The van der Waals surface area contributed by atoms with E-state index in [0.29, 0.717) is 0 Å². The molecule has 0 spiro atoms. The summed E-state index contributed by atoms with van der Waals surface area (Å²) in [5.41, 5.74) is -0.908. The average Bonchev–Trinajstić information content (AvgIpc) is 2.35. The standard InChI is InChI=1S/C13H15F3O2/c1-3-11(17)7-9(2)18-12-6-4-5-10(8-12)13(14,15)16/h4-6,8-9H,3,7H2,1-2H3/t9-/m1/s1/i7D,9D/t7-,9-. The van der Waals surface area contributed by atoms with Crippen LogP contribution in [0.25, 0.3) is 0 Å². The van der Waals surface area contributed by atoms with Gasteiger partial charge in [-0.25, -0.2) is 0 Å². The molecular weight excluding hydrogens is 245 g/mol. The number of hydrogen-bond donors (Lipinski definition) is 0. The van der Waals surface area contributed by atoms with Gasteiger partial charge in [-0.2, -0.15) is 13.2 Å². The lowest BCUT2D eigenvalue weighted by atomic mass is 10.1. The van der Waals surface area contributed by atoms with Crippen LogP contribution in [0.4, 0.5) is 13.2 Å². The third-order valence-corrected chi connectivity index (χ3v) is 2.15. The van der Waals surface area contributed by atoms with E-state index in [2.05, 4.69) is 0 Å². The number of ether oxygens (including phenoxy) is 1. The molecule has 0 saturated carbocycles. The first-order chi connectivity index (χ1) is 9.08. The van der Waals surface area contributed by atoms with E-state index in [0.717, 1.165) is 18.2 Å². The molecule has 0 heterocycles. The number of alkyl halides is 3. The maximum atomic E-state index is 12.5. The Balaban J connectivity index is 2.95. The Morgan fingerprint density at radius 3 is 2.78 bits per heavy atom. The van der Waals surface area contributed by atoms with Crippen molar-refractivity contribution >= 4 is 5.78 Å². The zero-order chi connectivity index (χ0) is 15.6. The molecular formula is C13H15F3O2. The van der Waals surface area contributed by atoms with E-state index in [4.69, 9.17) is 7.48 Å². The van der Waals surface area contributed by atoms with Crippen LogP contribution >= 0.6 is 0 Å². The third-order valence-electron chi connectivity index (χ3n) is 2.15. The van der Waals surface area contributed by atoms with E-state index in [1.54, 1.807) is 6.92 Å². The van der Waals surface area contributed by atoms with Gasteiger partial charge in [0.05, 0.1) is 6.93 Å². The van der Waals surface area contributed by atoms with Crippen LogP contribution in [0.15, 0.2) is 24.3 Å². The van der Waals surface area contributed by atoms with E-state index in [9.17, 15) is 18.0 Å². The van der Waals surface area contributed by atoms with Gasteiger partial charge >= 0.3 is 6.18 Å². The molecule has 0 aliphatic carbocycles. The second-order valence-electron chi connectivity index (χ2n) is 3.70. The number of carbonyl (C=O) groups is 1. The molecule has 2 nitrogen and oxygen atoms in total. The Labute approximate surface area is 107 Å². The Morgan fingerprint density at radius 2 is 2.22 bits per heavy atom. The summed E-state index contributed by atoms with van der Waals surface area (Å²) in [5, 5.41) is 0. The van der Waals surface area contributed by atoms with Gasteiger partial charge in [-0.05, 0) is 25.1 Å². The van der Waals surface area contributed by atoms with Crippen LogP contribution in [0.2, 0.25) is 0 Å². The molecule has 2 atom stereocenters. The van der Waals surface area contributed by atoms with Crippen LogP contribution < -0.4 is 4.74 Å². The van der Waals surface area contributed by atoms with Crippen molar-refractivity contribution in [2.75, 3.05) is 0 Å². The molecule has 0 bridgehead atoms. The quantitative estimate of drug-likeness (QED) is 0.805. The zero-order valence-electron chi connectivity index (χ0n) is 12.0. The predicted octanol–water partition coefficient (Wildman–Crippen LogP) is 3.84. The normalized spacial score (nSPS) is 18.3. The fourth-order valence-electron chi connectivity index (χ4n) is 1.28. The summed E-state index contributed by atoms with van der Waals surface area (Å²) in [6.07, 6.45) is -7.88. The first kappa shape index (κ1) is 11.6. The van der Waals surface area contributed by atoms with Gasteiger partial charge in [-0.3, -0.25) is 4.79 Å². The highest BCUT2D eigenvalue weighted by molar-refractivity contribution is 5.78. The molecule has 1 aromatic rings. The lowest BCUT2D eigenvalue weighted by Gasteiger charge is -2.15. The van der Waals surface area contributed by atoms with Gasteiger partial charge in [0, 0.05) is 14.2 Å². The molecule has 0 radical (unpaired) electrons. The van der Waals surface area contributed by atoms with Crippen LogP contribution in [0, 0.1) is 0 Å². The van der Waals surface area contributed by atoms with Crippen molar-refractivity contribution in [3.63, 3.8) is 0 Å². The summed E-state index contributed by atoms with van der Waals surface area (Å²) in [6.45, 7) is 2.72. The second-order valence-corrected chi connectivity index (χ2v) is 3.70. The van der Waals surface area contributed by atoms with Crippen molar-refractivity contribution < 1.29 is 25.4 Å². The van der Waals surface area contributed by atoms with Crippen LogP contribution in [0.3, 0.4) is 0 Å². The van der Waals surface area contributed by atoms with Gasteiger partial charge in [-0.1, -0.05) is 13.0 Å². The van der Waals surface area contributed by atoms with Crippen LogP contribution in [0.1, 0.15) is 35.0 Å². The number of benzene rings is 1. The van der Waals surface area contributed by atoms with Gasteiger partial charge in [0.15, 0.2) is 0 Å². The Bertz CT molecular complexity index is 487. The van der Waals surface area contributed by atoms with Gasteiger partial charge in [0.25, 0.3) is 0 Å². The lowest BCUT2D eigenvalue weighted by molar-refractivity contribution is -0.137. The molecule has 0 aromatic heterocycles. The number of halogens is 3. The first-order valence-corrected chi connectivity index (χ1v) is 5.39. The van der Waals surface area contributed by atoms with Crippen molar-refractivity contribution in [3.05, 3.63) is 29.8 Å². The fourth-order valence-corrected chi connectivity index (χ4v) is 1.28. The minimum Gasteiger partial charge on any atom is -0.490 e. The molecule has 0 amide bonds. The highest BCUT2D eigenvalue weighted by Gasteiger charge is 2.30. The molecule has 100 valence electrons. The van der Waals surface area contributed by atoms with Crippen molar-refractivity contribution in [1.82, 2.24) is 0 Å². The number of ketones is 1. The summed E-state index contributed by atoms with van der Waals surface area (Å²) in [5.74, 6) is -0.701. The monoisotopic (exact) mass is 262 g/mol. The van der Waals surface area contributed by atoms with Crippen molar-refractivity contribution in [2.24, 2.45) is 0 Å². The van der Waals surface area contributed by atoms with E-state index in [1.807, 2.05) is 0 Å². The van der Waals surface area contributed by atoms with Gasteiger partial charge < -0.3 is 4.74 Å². The molecule has 0 aliphatic rings. The van der Waals surface area contributed by atoms with Crippen molar-refractivity contribution in [1.29, 1.82) is 0 Å². The topological polar surface area (TPSA) is 26.3 Å². The Kier molecular flexibility index (Phi) is 3.78. The van der Waals surface area contributed by atoms with Gasteiger partial charge in [-0.15, -0.1) is 0 Å². The number of carbonyl (C=O) groups excluding carboxylic acids is 1. The van der Waals surface area contributed by atoms with Crippen LogP contribution in [-0.2, 0) is 11.0 Å². The molecule has 0 saturated heterocycles. The van der Waals surface area contributed by atoms with Gasteiger partial charge in [0.1, 0.15) is 17.6 Å². The predicted molar refractivity (Wildman–Crippen MR) is 61.4 cm³/mol. The van der Waals surface area contributed by atoms with Gasteiger partial charge in [0.2, 0.25) is 0 Å². The SMILES string of the molecule is [2H][C@@H](C(=O)CC)[C@@]([2H])(C)Oc1cccc(C(F)(F)F)c1. The zero-order valence-corrected chi connectivity index (χ0v) is 10.0. The highest BCUT2D eigenvalue weighted by atomic mass is 19.4. The maximum Gasteiger partial charge on any atom is 0.416 e. The summed E-state index contributed by atoms with van der Waals surface area (Å²) in [4.78, 5) is 11.4. The largest absolute Gasteiger partial charge is 0.490 e. The Hall–Kier alpha value is -1.52. The van der Waals surface area contributed by atoms with E-state index in [-0.39, 0.29) is 12.2 Å². The molecule has 1 aromatic carbocycles. The van der Waals surface area contributed by atoms with Crippen molar-refractivity contribution in [2.45, 2.75) is 38.9 Å². The number of hydrogen-bond acceptors (Lipinski definition) is 2. The average molecular weight is 262 g/mol. The minimum absolute atomic E-state index is 0.0641. The third kappa shape index (κ3) is 4.39.